The second-order valence-electron chi connectivity index (χ2n) is 4.31. The quantitative estimate of drug-likeness (QED) is 0.787. The van der Waals surface area contributed by atoms with Crippen LogP contribution in [0.25, 0.3) is 0 Å². The Bertz CT molecular complexity index is 552. The standard InChI is InChI=1S/C15H14Cl3NO/c1-20-9-14(10-5-3-2-4-6-10)19-15-12(17)7-11(16)8-13(15)18/h2-8,14,19H,9H2,1H3. The maximum atomic E-state index is 6.19. The highest BCUT2D eigenvalue weighted by atomic mass is 35.5. The number of hydrogen-bond acceptors (Lipinski definition) is 2. The minimum atomic E-state index is -0.0441. The van der Waals surface area contributed by atoms with Gasteiger partial charge < -0.3 is 10.1 Å². The van der Waals surface area contributed by atoms with Crippen LogP contribution in [-0.4, -0.2) is 13.7 Å². The zero-order chi connectivity index (χ0) is 14.5. The molecule has 0 saturated heterocycles. The Labute approximate surface area is 133 Å². The largest absolute Gasteiger partial charge is 0.382 e. The smallest absolute Gasteiger partial charge is 0.0748 e. The molecule has 20 heavy (non-hydrogen) atoms. The van der Waals surface area contributed by atoms with Crippen molar-refractivity contribution in [2.24, 2.45) is 0 Å². The number of anilines is 1. The first-order valence-corrected chi connectivity index (χ1v) is 7.20. The molecule has 1 unspecified atom stereocenters. The van der Waals surface area contributed by atoms with Gasteiger partial charge in [0.25, 0.3) is 0 Å². The van der Waals surface area contributed by atoms with E-state index in [1.807, 2.05) is 30.3 Å². The molecule has 2 aromatic carbocycles. The van der Waals surface area contributed by atoms with Gasteiger partial charge in [0, 0.05) is 12.1 Å². The summed E-state index contributed by atoms with van der Waals surface area (Å²) >= 11 is 18.3. The summed E-state index contributed by atoms with van der Waals surface area (Å²) in [7, 11) is 1.66. The first kappa shape index (κ1) is 15.5. The minimum Gasteiger partial charge on any atom is -0.382 e. The van der Waals surface area contributed by atoms with Gasteiger partial charge in [-0.1, -0.05) is 65.1 Å². The van der Waals surface area contributed by atoms with Crippen molar-refractivity contribution in [1.29, 1.82) is 0 Å². The lowest BCUT2D eigenvalue weighted by Crippen LogP contribution is -2.16. The summed E-state index contributed by atoms with van der Waals surface area (Å²) < 4.78 is 5.26. The molecule has 2 rings (SSSR count). The summed E-state index contributed by atoms with van der Waals surface area (Å²) in [4.78, 5) is 0. The third-order valence-electron chi connectivity index (χ3n) is 2.86. The maximum absolute atomic E-state index is 6.19. The average Bonchev–Trinajstić information content (AvgIpc) is 2.42. The van der Waals surface area contributed by atoms with Crippen LogP contribution in [0.15, 0.2) is 42.5 Å². The van der Waals surface area contributed by atoms with E-state index < -0.39 is 0 Å². The fraction of sp³-hybridized carbons (Fsp3) is 0.200. The third kappa shape index (κ3) is 3.80. The molecular formula is C15H14Cl3NO. The molecule has 0 spiro atoms. The normalized spacial score (nSPS) is 12.2. The number of rotatable bonds is 5. The lowest BCUT2D eigenvalue weighted by atomic mass is 10.1. The van der Waals surface area contributed by atoms with Gasteiger partial charge in [-0.05, 0) is 17.7 Å². The SMILES string of the molecule is COCC(Nc1c(Cl)cc(Cl)cc1Cl)c1ccccc1. The van der Waals surface area contributed by atoms with Crippen molar-refractivity contribution in [3.63, 3.8) is 0 Å². The number of methoxy groups -OCH3 is 1. The summed E-state index contributed by atoms with van der Waals surface area (Å²) in [6, 6.07) is 13.2. The second kappa shape index (κ2) is 7.19. The Morgan fingerprint density at radius 1 is 1.05 bits per heavy atom. The van der Waals surface area contributed by atoms with Crippen LogP contribution in [0.2, 0.25) is 15.1 Å². The first-order valence-electron chi connectivity index (χ1n) is 6.06. The molecule has 1 N–H and O–H groups in total. The van der Waals surface area contributed by atoms with Crippen LogP contribution in [0.5, 0.6) is 0 Å². The summed E-state index contributed by atoms with van der Waals surface area (Å²) in [5.41, 5.74) is 1.75. The molecule has 0 aromatic heterocycles. The van der Waals surface area contributed by atoms with Crippen LogP contribution in [-0.2, 0) is 4.74 Å². The third-order valence-corrected chi connectivity index (χ3v) is 3.68. The number of halogens is 3. The van der Waals surface area contributed by atoms with E-state index in [0.717, 1.165) is 5.56 Å². The fourth-order valence-corrected chi connectivity index (χ4v) is 2.85. The molecular weight excluding hydrogens is 317 g/mol. The Balaban J connectivity index is 2.30. The van der Waals surface area contributed by atoms with Gasteiger partial charge in [-0.2, -0.15) is 0 Å². The van der Waals surface area contributed by atoms with Crippen LogP contribution in [0, 0.1) is 0 Å². The van der Waals surface area contributed by atoms with Crippen molar-refractivity contribution in [2.75, 3.05) is 19.0 Å². The summed E-state index contributed by atoms with van der Waals surface area (Å²) in [6.45, 7) is 0.499. The van der Waals surface area contributed by atoms with Gasteiger partial charge in [0.15, 0.2) is 0 Å². The molecule has 0 bridgehead atoms. The highest BCUT2D eigenvalue weighted by Crippen LogP contribution is 2.36. The van der Waals surface area contributed by atoms with Gasteiger partial charge in [-0.3, -0.25) is 0 Å². The van der Waals surface area contributed by atoms with E-state index in [1.165, 1.54) is 0 Å². The molecule has 0 amide bonds. The monoisotopic (exact) mass is 329 g/mol. The zero-order valence-corrected chi connectivity index (χ0v) is 13.1. The van der Waals surface area contributed by atoms with E-state index in [2.05, 4.69) is 5.32 Å². The van der Waals surface area contributed by atoms with E-state index in [-0.39, 0.29) is 6.04 Å². The molecule has 106 valence electrons. The Hall–Kier alpha value is -0.930. The van der Waals surface area contributed by atoms with Crippen LogP contribution in [0.1, 0.15) is 11.6 Å². The van der Waals surface area contributed by atoms with Gasteiger partial charge in [0.1, 0.15) is 0 Å². The van der Waals surface area contributed by atoms with Crippen molar-refractivity contribution in [3.8, 4) is 0 Å². The molecule has 1 atom stereocenters. The van der Waals surface area contributed by atoms with E-state index in [4.69, 9.17) is 39.5 Å². The molecule has 5 heteroatoms. The predicted molar refractivity (Wildman–Crippen MR) is 86.2 cm³/mol. The summed E-state index contributed by atoms with van der Waals surface area (Å²) in [5.74, 6) is 0. The van der Waals surface area contributed by atoms with Crippen LogP contribution < -0.4 is 5.32 Å². The van der Waals surface area contributed by atoms with Crippen molar-refractivity contribution in [1.82, 2.24) is 0 Å². The van der Waals surface area contributed by atoms with Crippen molar-refractivity contribution in [2.45, 2.75) is 6.04 Å². The van der Waals surface area contributed by atoms with Gasteiger partial charge >= 0.3 is 0 Å². The van der Waals surface area contributed by atoms with Crippen LogP contribution in [0.3, 0.4) is 0 Å². The van der Waals surface area contributed by atoms with Crippen molar-refractivity contribution in [3.05, 3.63) is 63.1 Å². The molecule has 0 fully saturated rings. The molecule has 2 aromatic rings. The highest BCUT2D eigenvalue weighted by molar-refractivity contribution is 6.41. The molecule has 0 radical (unpaired) electrons. The summed E-state index contributed by atoms with van der Waals surface area (Å²) in [6.07, 6.45) is 0. The predicted octanol–water partition coefficient (Wildman–Crippen LogP) is 5.45. The molecule has 0 aliphatic heterocycles. The van der Waals surface area contributed by atoms with E-state index in [9.17, 15) is 0 Å². The molecule has 2 nitrogen and oxygen atoms in total. The van der Waals surface area contributed by atoms with E-state index >= 15 is 0 Å². The van der Waals surface area contributed by atoms with E-state index in [0.29, 0.717) is 27.4 Å². The fourth-order valence-electron chi connectivity index (χ4n) is 1.93. The lowest BCUT2D eigenvalue weighted by Gasteiger charge is -2.21. The Morgan fingerprint density at radius 3 is 2.20 bits per heavy atom. The summed E-state index contributed by atoms with van der Waals surface area (Å²) in [5, 5.41) is 4.79. The molecule has 0 saturated carbocycles. The maximum Gasteiger partial charge on any atom is 0.0748 e. The second-order valence-corrected chi connectivity index (χ2v) is 5.56. The van der Waals surface area contributed by atoms with Gasteiger partial charge in [-0.15, -0.1) is 0 Å². The number of ether oxygens (including phenoxy) is 1. The molecule has 0 heterocycles. The number of hydrogen-bond donors (Lipinski definition) is 1. The van der Waals surface area contributed by atoms with Crippen molar-refractivity contribution >= 4 is 40.5 Å². The first-order chi connectivity index (χ1) is 9.61. The zero-order valence-electron chi connectivity index (χ0n) is 10.9. The molecule has 0 aliphatic carbocycles. The van der Waals surface area contributed by atoms with Crippen LogP contribution in [0.4, 0.5) is 5.69 Å². The highest BCUT2D eigenvalue weighted by Gasteiger charge is 2.15. The molecule has 0 aliphatic rings. The van der Waals surface area contributed by atoms with Gasteiger partial charge in [-0.25, -0.2) is 0 Å². The lowest BCUT2D eigenvalue weighted by molar-refractivity contribution is 0.186. The Kier molecular flexibility index (Phi) is 5.55. The van der Waals surface area contributed by atoms with Gasteiger partial charge in [0.2, 0.25) is 0 Å². The number of nitrogens with one attached hydrogen (secondary N) is 1. The van der Waals surface area contributed by atoms with Crippen molar-refractivity contribution < 1.29 is 4.74 Å². The average molecular weight is 331 g/mol. The Morgan fingerprint density at radius 2 is 1.65 bits per heavy atom. The van der Waals surface area contributed by atoms with Gasteiger partial charge in [0.05, 0.1) is 28.4 Å². The topological polar surface area (TPSA) is 21.3 Å². The van der Waals surface area contributed by atoms with Crippen LogP contribution >= 0.6 is 34.8 Å². The minimum absolute atomic E-state index is 0.0441. The van der Waals surface area contributed by atoms with E-state index in [1.54, 1.807) is 19.2 Å². The number of benzene rings is 2.